The number of amides is 2. The highest BCUT2D eigenvalue weighted by Crippen LogP contribution is 2.02. The van der Waals surface area contributed by atoms with E-state index in [1.807, 2.05) is 0 Å². The summed E-state index contributed by atoms with van der Waals surface area (Å²) in [6.45, 7) is 0.442. The Hall–Kier alpha value is -1.63. The van der Waals surface area contributed by atoms with Crippen LogP contribution in [-0.4, -0.2) is 35.2 Å². The van der Waals surface area contributed by atoms with Gasteiger partial charge in [-0.25, -0.2) is 9.78 Å². The van der Waals surface area contributed by atoms with E-state index in [0.29, 0.717) is 5.01 Å². The number of nitrogens with zero attached hydrogens (tertiary/aromatic N) is 1. The molecule has 0 aliphatic heterocycles. The maximum atomic E-state index is 11.2. The Morgan fingerprint density at radius 3 is 2.71 bits per heavy atom. The minimum atomic E-state index is -1.10. The number of rotatable bonds is 4. The average molecular weight is 215 g/mol. The molecule has 76 valence electrons. The van der Waals surface area contributed by atoms with Crippen LogP contribution in [0.25, 0.3) is 0 Å². The third-order valence-corrected chi connectivity index (χ3v) is 2.09. The lowest BCUT2D eigenvalue weighted by atomic mass is 10.5. The summed E-state index contributed by atoms with van der Waals surface area (Å²) >= 11 is 1.24. The predicted octanol–water partition coefficient (Wildman–Crippen LogP) is 0.141. The molecule has 0 bridgehead atoms. The lowest BCUT2D eigenvalue weighted by Gasteiger charge is -2.02. The van der Waals surface area contributed by atoms with Gasteiger partial charge in [0.1, 0.15) is 0 Å². The summed E-state index contributed by atoms with van der Waals surface area (Å²) in [5.74, 6) is -0.285. The molecule has 14 heavy (non-hydrogen) atoms. The molecule has 1 aromatic heterocycles. The van der Waals surface area contributed by atoms with Crippen LogP contribution >= 0.6 is 11.3 Å². The van der Waals surface area contributed by atoms with Gasteiger partial charge in [0.2, 0.25) is 0 Å². The van der Waals surface area contributed by atoms with Crippen molar-refractivity contribution in [3.8, 4) is 0 Å². The molecular weight excluding hydrogens is 206 g/mol. The van der Waals surface area contributed by atoms with Gasteiger partial charge in [0.25, 0.3) is 5.91 Å². The zero-order chi connectivity index (χ0) is 10.4. The van der Waals surface area contributed by atoms with Crippen LogP contribution < -0.4 is 10.6 Å². The molecule has 0 saturated heterocycles. The van der Waals surface area contributed by atoms with Crippen LogP contribution in [0.4, 0.5) is 4.79 Å². The summed E-state index contributed by atoms with van der Waals surface area (Å²) in [6, 6.07) is 0. The van der Waals surface area contributed by atoms with Gasteiger partial charge in [-0.2, -0.15) is 0 Å². The van der Waals surface area contributed by atoms with Crippen LogP contribution in [0, 0.1) is 0 Å². The first-order valence-corrected chi connectivity index (χ1v) is 4.72. The summed E-state index contributed by atoms with van der Waals surface area (Å²) in [5, 5.41) is 15.0. The molecule has 1 heterocycles. The summed E-state index contributed by atoms with van der Waals surface area (Å²) < 4.78 is 0. The van der Waals surface area contributed by atoms with Crippen LogP contribution in [0.2, 0.25) is 0 Å². The van der Waals surface area contributed by atoms with Crippen LogP contribution in [0.1, 0.15) is 9.80 Å². The topological polar surface area (TPSA) is 91.3 Å². The second kappa shape index (κ2) is 5.18. The van der Waals surface area contributed by atoms with Crippen molar-refractivity contribution in [3.63, 3.8) is 0 Å². The van der Waals surface area contributed by atoms with Gasteiger partial charge in [-0.3, -0.25) is 4.79 Å². The molecule has 0 unspecified atom stereocenters. The number of thiazole rings is 1. The van der Waals surface area contributed by atoms with Crippen LogP contribution in [0.15, 0.2) is 11.6 Å². The first-order chi connectivity index (χ1) is 6.70. The maximum absolute atomic E-state index is 11.2. The molecule has 0 aliphatic carbocycles. The zero-order valence-electron chi connectivity index (χ0n) is 7.19. The number of hydrogen-bond acceptors (Lipinski definition) is 4. The number of hydrogen-bond donors (Lipinski definition) is 3. The molecule has 0 radical (unpaired) electrons. The van der Waals surface area contributed by atoms with Gasteiger partial charge in [0.05, 0.1) is 0 Å². The third-order valence-electron chi connectivity index (χ3n) is 1.31. The lowest BCUT2D eigenvalue weighted by molar-refractivity contribution is 0.0953. The van der Waals surface area contributed by atoms with Crippen molar-refractivity contribution < 1.29 is 14.7 Å². The van der Waals surface area contributed by atoms with Crippen molar-refractivity contribution in [1.29, 1.82) is 0 Å². The van der Waals surface area contributed by atoms with Crippen molar-refractivity contribution >= 4 is 23.3 Å². The van der Waals surface area contributed by atoms with E-state index in [9.17, 15) is 9.59 Å². The van der Waals surface area contributed by atoms with Crippen molar-refractivity contribution in [1.82, 2.24) is 15.6 Å². The minimum Gasteiger partial charge on any atom is -0.465 e. The van der Waals surface area contributed by atoms with Crippen molar-refractivity contribution in [2.45, 2.75) is 0 Å². The third kappa shape index (κ3) is 3.40. The Balaban J connectivity index is 2.19. The summed E-state index contributed by atoms with van der Waals surface area (Å²) in [4.78, 5) is 25.1. The van der Waals surface area contributed by atoms with Gasteiger partial charge in [0.15, 0.2) is 5.01 Å². The highest BCUT2D eigenvalue weighted by atomic mass is 32.1. The number of nitrogens with one attached hydrogen (secondary N) is 2. The Morgan fingerprint density at radius 1 is 1.43 bits per heavy atom. The molecule has 1 rings (SSSR count). The van der Waals surface area contributed by atoms with Crippen LogP contribution in [0.3, 0.4) is 0 Å². The fourth-order valence-electron chi connectivity index (χ4n) is 0.757. The lowest BCUT2D eigenvalue weighted by Crippen LogP contribution is -2.33. The van der Waals surface area contributed by atoms with Gasteiger partial charge in [0, 0.05) is 24.7 Å². The molecule has 0 spiro atoms. The Labute approximate surface area is 84.0 Å². The highest BCUT2D eigenvalue weighted by Gasteiger charge is 2.06. The van der Waals surface area contributed by atoms with E-state index < -0.39 is 6.09 Å². The zero-order valence-corrected chi connectivity index (χ0v) is 8.00. The van der Waals surface area contributed by atoms with Gasteiger partial charge in [-0.05, 0) is 0 Å². The van der Waals surface area contributed by atoms with Crippen molar-refractivity contribution in [3.05, 3.63) is 16.6 Å². The number of carboxylic acid groups (broad SMARTS) is 1. The van der Waals surface area contributed by atoms with Crippen molar-refractivity contribution in [2.24, 2.45) is 0 Å². The standard InChI is InChI=1S/C7H9N3O3S/c11-5(6-9-3-4-14-6)8-1-2-10-7(12)13/h3-4,10H,1-2H2,(H,8,11)(H,12,13). The molecule has 7 heteroatoms. The van der Waals surface area contributed by atoms with E-state index in [1.165, 1.54) is 17.5 Å². The largest absolute Gasteiger partial charge is 0.465 e. The van der Waals surface area contributed by atoms with E-state index >= 15 is 0 Å². The second-order valence-corrected chi connectivity index (χ2v) is 3.22. The molecule has 1 aromatic rings. The van der Waals surface area contributed by atoms with E-state index in [-0.39, 0.29) is 19.0 Å². The fourth-order valence-corrected chi connectivity index (χ4v) is 1.31. The number of carbonyl (C=O) groups excluding carboxylic acids is 1. The number of carbonyl (C=O) groups is 2. The Morgan fingerprint density at radius 2 is 2.14 bits per heavy atom. The highest BCUT2D eigenvalue weighted by molar-refractivity contribution is 7.11. The molecule has 0 atom stereocenters. The molecule has 0 fully saturated rings. The van der Waals surface area contributed by atoms with E-state index in [4.69, 9.17) is 5.11 Å². The Bertz CT molecular complexity index is 312. The van der Waals surface area contributed by atoms with Crippen LogP contribution in [-0.2, 0) is 0 Å². The van der Waals surface area contributed by atoms with E-state index in [0.717, 1.165) is 0 Å². The average Bonchev–Trinajstić information content (AvgIpc) is 2.64. The molecule has 0 aromatic carbocycles. The van der Waals surface area contributed by atoms with Gasteiger partial charge in [-0.1, -0.05) is 0 Å². The molecule has 3 N–H and O–H groups in total. The van der Waals surface area contributed by atoms with Gasteiger partial charge < -0.3 is 15.7 Å². The molecule has 6 nitrogen and oxygen atoms in total. The van der Waals surface area contributed by atoms with E-state index in [1.54, 1.807) is 5.38 Å². The monoisotopic (exact) mass is 215 g/mol. The first kappa shape index (κ1) is 10.5. The van der Waals surface area contributed by atoms with Gasteiger partial charge >= 0.3 is 6.09 Å². The summed E-state index contributed by atoms with van der Waals surface area (Å²) in [7, 11) is 0. The smallest absolute Gasteiger partial charge is 0.404 e. The minimum absolute atomic E-state index is 0.187. The second-order valence-electron chi connectivity index (χ2n) is 2.33. The first-order valence-electron chi connectivity index (χ1n) is 3.84. The molecular formula is C7H9N3O3S. The molecule has 2 amide bonds. The van der Waals surface area contributed by atoms with Crippen LogP contribution in [0.5, 0.6) is 0 Å². The SMILES string of the molecule is O=C(O)NCCNC(=O)c1nccs1. The van der Waals surface area contributed by atoms with Gasteiger partial charge in [-0.15, -0.1) is 11.3 Å². The summed E-state index contributed by atoms with van der Waals surface area (Å²) in [5.41, 5.74) is 0. The fraction of sp³-hybridized carbons (Fsp3) is 0.286. The quantitative estimate of drug-likeness (QED) is 0.623. The Kier molecular flexibility index (Phi) is 3.86. The maximum Gasteiger partial charge on any atom is 0.404 e. The van der Waals surface area contributed by atoms with Crippen molar-refractivity contribution in [2.75, 3.05) is 13.1 Å². The normalized spacial score (nSPS) is 9.43. The predicted molar refractivity (Wildman–Crippen MR) is 50.5 cm³/mol. The molecule has 0 aliphatic rings. The summed E-state index contributed by atoms with van der Waals surface area (Å²) in [6.07, 6.45) is 0.434. The molecule has 0 saturated carbocycles. The number of aromatic nitrogens is 1. The van der Waals surface area contributed by atoms with E-state index in [2.05, 4.69) is 15.6 Å².